The van der Waals surface area contributed by atoms with E-state index >= 15 is 0 Å². The molecule has 0 bridgehead atoms. The third-order valence-electron chi connectivity index (χ3n) is 1.83. The van der Waals surface area contributed by atoms with Crippen LogP contribution in [0.3, 0.4) is 0 Å². The van der Waals surface area contributed by atoms with Crippen molar-refractivity contribution in [3.05, 3.63) is 0 Å². The lowest BCUT2D eigenvalue weighted by atomic mass is 9.83. The van der Waals surface area contributed by atoms with Crippen LogP contribution >= 0.6 is 23.2 Å². The van der Waals surface area contributed by atoms with Gasteiger partial charge in [-0.3, -0.25) is 4.79 Å². The molecule has 0 heterocycles. The minimum absolute atomic E-state index is 0.192. The highest BCUT2D eigenvalue weighted by Gasteiger charge is 2.29. The molecule has 1 atom stereocenters. The van der Waals surface area contributed by atoms with Crippen molar-refractivity contribution in [2.45, 2.75) is 13.8 Å². The third kappa shape index (κ3) is 2.14. The molecule has 1 radical (unpaired) electrons. The summed E-state index contributed by atoms with van der Waals surface area (Å²) in [5.74, 6) is 0.599. The maximum absolute atomic E-state index is 10.2. The van der Waals surface area contributed by atoms with Crippen LogP contribution in [0.25, 0.3) is 0 Å². The molecule has 0 aliphatic carbocycles. The van der Waals surface area contributed by atoms with E-state index in [9.17, 15) is 4.79 Å². The Hall–Kier alpha value is 0.250. The molecule has 0 aliphatic heterocycles. The monoisotopic (exact) mass is 181 g/mol. The summed E-state index contributed by atoms with van der Waals surface area (Å²) in [6.07, 6.45) is 1.89. The lowest BCUT2D eigenvalue weighted by molar-refractivity contribution is 0.333. The molecule has 0 fully saturated rings. The van der Waals surface area contributed by atoms with Gasteiger partial charge in [0.05, 0.1) is 0 Å². The standard InChI is InChI=1S/C7H11Cl2O/c1-6(3-10)7(2,4-8)5-9/h6H,4-5H2,1-2H3. The quantitative estimate of drug-likeness (QED) is 0.609. The normalized spacial score (nSPS) is 14.8. The molecule has 1 unspecified atom stereocenters. The van der Waals surface area contributed by atoms with E-state index in [-0.39, 0.29) is 11.3 Å². The summed E-state index contributed by atoms with van der Waals surface area (Å²) < 4.78 is 0. The molecular weight excluding hydrogens is 171 g/mol. The minimum Gasteiger partial charge on any atom is -0.291 e. The van der Waals surface area contributed by atoms with Gasteiger partial charge in [-0.2, -0.15) is 0 Å². The molecule has 0 aromatic heterocycles. The molecule has 0 aromatic carbocycles. The molecule has 0 amide bonds. The van der Waals surface area contributed by atoms with Gasteiger partial charge in [0, 0.05) is 23.1 Å². The summed E-state index contributed by atoms with van der Waals surface area (Å²) in [5, 5.41) is 0. The van der Waals surface area contributed by atoms with E-state index in [2.05, 4.69) is 0 Å². The Balaban J connectivity index is 4.15. The molecule has 3 heteroatoms. The van der Waals surface area contributed by atoms with Crippen molar-refractivity contribution in [1.29, 1.82) is 0 Å². The second-order valence-corrected chi connectivity index (χ2v) is 3.30. The average Bonchev–Trinajstić information content (AvgIpc) is 2.01. The first-order valence-electron chi connectivity index (χ1n) is 3.10. The van der Waals surface area contributed by atoms with E-state index in [1.54, 1.807) is 6.92 Å². The van der Waals surface area contributed by atoms with Crippen LogP contribution in [0.1, 0.15) is 13.8 Å². The van der Waals surface area contributed by atoms with Gasteiger partial charge >= 0.3 is 0 Å². The number of rotatable bonds is 4. The number of halogens is 2. The highest BCUT2D eigenvalue weighted by Crippen LogP contribution is 2.28. The van der Waals surface area contributed by atoms with Crippen molar-refractivity contribution >= 4 is 29.5 Å². The largest absolute Gasteiger partial charge is 0.291 e. The maximum Gasteiger partial charge on any atom is 0.202 e. The summed E-state index contributed by atoms with van der Waals surface area (Å²) in [4.78, 5) is 10.2. The first-order valence-corrected chi connectivity index (χ1v) is 4.17. The average molecular weight is 182 g/mol. The number of alkyl halides is 2. The van der Waals surface area contributed by atoms with Gasteiger partial charge in [0.2, 0.25) is 6.29 Å². The van der Waals surface area contributed by atoms with Crippen LogP contribution in [-0.2, 0) is 4.79 Å². The predicted octanol–water partition coefficient (Wildman–Crippen LogP) is 2.22. The van der Waals surface area contributed by atoms with Crippen molar-refractivity contribution in [3.8, 4) is 0 Å². The van der Waals surface area contributed by atoms with Crippen LogP contribution in [0.4, 0.5) is 0 Å². The Morgan fingerprint density at radius 2 is 1.90 bits per heavy atom. The Bertz CT molecular complexity index is 110. The summed E-state index contributed by atoms with van der Waals surface area (Å²) in [6, 6.07) is 0. The molecular formula is C7H11Cl2O. The van der Waals surface area contributed by atoms with E-state index in [0.29, 0.717) is 11.8 Å². The maximum atomic E-state index is 10.2. The van der Waals surface area contributed by atoms with Gasteiger partial charge in [-0.1, -0.05) is 13.8 Å². The lowest BCUT2D eigenvalue weighted by Gasteiger charge is -2.26. The molecule has 0 N–H and O–H groups in total. The van der Waals surface area contributed by atoms with Crippen molar-refractivity contribution in [2.75, 3.05) is 11.8 Å². The van der Waals surface area contributed by atoms with E-state index in [1.807, 2.05) is 13.2 Å². The minimum atomic E-state index is -0.301. The molecule has 10 heavy (non-hydrogen) atoms. The zero-order valence-corrected chi connectivity index (χ0v) is 7.67. The van der Waals surface area contributed by atoms with Crippen LogP contribution < -0.4 is 0 Å². The van der Waals surface area contributed by atoms with Gasteiger partial charge in [0.15, 0.2) is 0 Å². The molecule has 0 aromatic rings. The van der Waals surface area contributed by atoms with E-state index in [4.69, 9.17) is 23.2 Å². The van der Waals surface area contributed by atoms with Crippen LogP contribution in [0.15, 0.2) is 0 Å². The van der Waals surface area contributed by atoms with E-state index < -0.39 is 0 Å². The molecule has 0 spiro atoms. The molecule has 0 saturated heterocycles. The number of carbonyl (C=O) groups excluding carboxylic acids is 1. The number of hydrogen-bond acceptors (Lipinski definition) is 1. The van der Waals surface area contributed by atoms with Crippen molar-refractivity contribution in [1.82, 2.24) is 0 Å². The van der Waals surface area contributed by atoms with Crippen LogP contribution in [0.2, 0.25) is 0 Å². The lowest BCUT2D eigenvalue weighted by Crippen LogP contribution is -2.30. The second-order valence-electron chi connectivity index (χ2n) is 2.76. The summed E-state index contributed by atoms with van der Waals surface area (Å²) in [6.45, 7) is 3.65. The first-order chi connectivity index (χ1) is 4.60. The predicted molar refractivity (Wildman–Crippen MR) is 44.4 cm³/mol. The van der Waals surface area contributed by atoms with E-state index in [0.717, 1.165) is 0 Å². The zero-order chi connectivity index (χ0) is 8.20. The second kappa shape index (κ2) is 4.20. The van der Waals surface area contributed by atoms with Crippen LogP contribution in [0, 0.1) is 11.3 Å². The molecule has 0 rings (SSSR count). The SMILES string of the molecule is CC([C]=O)C(C)(CCl)CCl. The topological polar surface area (TPSA) is 17.1 Å². The third-order valence-corrected chi connectivity index (χ3v) is 3.05. The smallest absolute Gasteiger partial charge is 0.202 e. The zero-order valence-electron chi connectivity index (χ0n) is 6.16. The van der Waals surface area contributed by atoms with Gasteiger partial charge in [0.1, 0.15) is 0 Å². The van der Waals surface area contributed by atoms with Crippen LogP contribution in [-0.4, -0.2) is 18.0 Å². The van der Waals surface area contributed by atoms with Crippen molar-refractivity contribution < 1.29 is 4.79 Å². The van der Waals surface area contributed by atoms with E-state index in [1.165, 1.54) is 0 Å². The Kier molecular flexibility index (Phi) is 4.30. The fraction of sp³-hybridized carbons (Fsp3) is 0.857. The Labute approximate surface area is 71.7 Å². The van der Waals surface area contributed by atoms with Gasteiger partial charge in [0.25, 0.3) is 0 Å². The summed E-state index contributed by atoms with van der Waals surface area (Å²) in [7, 11) is 0. The van der Waals surface area contributed by atoms with Crippen LogP contribution in [0.5, 0.6) is 0 Å². The highest BCUT2D eigenvalue weighted by atomic mass is 35.5. The molecule has 0 aliphatic rings. The fourth-order valence-corrected chi connectivity index (χ4v) is 1.16. The molecule has 1 nitrogen and oxygen atoms in total. The van der Waals surface area contributed by atoms with Crippen molar-refractivity contribution in [2.24, 2.45) is 11.3 Å². The highest BCUT2D eigenvalue weighted by molar-refractivity contribution is 6.21. The molecule has 59 valence electrons. The summed E-state index contributed by atoms with van der Waals surface area (Å²) >= 11 is 11.2. The Morgan fingerprint density at radius 3 is 2.00 bits per heavy atom. The first kappa shape index (κ1) is 10.2. The summed E-state index contributed by atoms with van der Waals surface area (Å²) in [5.41, 5.74) is -0.301. The van der Waals surface area contributed by atoms with Gasteiger partial charge in [-0.25, -0.2) is 0 Å². The number of hydrogen-bond donors (Lipinski definition) is 0. The van der Waals surface area contributed by atoms with Crippen molar-refractivity contribution in [3.63, 3.8) is 0 Å². The Morgan fingerprint density at radius 1 is 1.50 bits per heavy atom. The fourth-order valence-electron chi connectivity index (χ4n) is 0.409. The van der Waals surface area contributed by atoms with Gasteiger partial charge < -0.3 is 0 Å². The molecule has 0 saturated carbocycles. The van der Waals surface area contributed by atoms with Gasteiger partial charge in [-0.05, 0) is 0 Å². The van der Waals surface area contributed by atoms with Gasteiger partial charge in [-0.15, -0.1) is 23.2 Å².